The van der Waals surface area contributed by atoms with E-state index in [1.807, 2.05) is 13.8 Å². The number of anilines is 1. The molecule has 2 atom stereocenters. The lowest BCUT2D eigenvalue weighted by Crippen LogP contribution is -2.53. The van der Waals surface area contributed by atoms with E-state index in [0.29, 0.717) is 47.5 Å². The van der Waals surface area contributed by atoms with Crippen molar-refractivity contribution in [3.05, 3.63) is 79.9 Å². The predicted molar refractivity (Wildman–Crippen MR) is 158 cm³/mol. The number of methoxy groups -OCH3 is 1. The van der Waals surface area contributed by atoms with Crippen molar-refractivity contribution in [3.8, 4) is 11.3 Å². The van der Waals surface area contributed by atoms with E-state index < -0.39 is 59.6 Å². The van der Waals surface area contributed by atoms with Crippen molar-refractivity contribution in [2.45, 2.75) is 57.8 Å². The monoisotopic (exact) mass is 648 g/mol. The number of aromatic nitrogens is 2. The Balaban J connectivity index is 1.43. The van der Waals surface area contributed by atoms with Crippen molar-refractivity contribution in [1.29, 1.82) is 0 Å². The summed E-state index contributed by atoms with van der Waals surface area (Å²) in [5, 5.41) is 2.34. The Labute approximate surface area is 261 Å². The van der Waals surface area contributed by atoms with E-state index in [2.05, 4.69) is 10.3 Å². The van der Waals surface area contributed by atoms with Crippen molar-refractivity contribution < 1.29 is 41.0 Å². The number of amides is 1. The van der Waals surface area contributed by atoms with Gasteiger partial charge in [0.05, 0.1) is 26.0 Å². The number of halogens is 5. The molecule has 9 nitrogen and oxygen atoms in total. The second-order valence-electron chi connectivity index (χ2n) is 11.4. The molecule has 0 unspecified atom stereocenters. The Morgan fingerprint density at radius 1 is 1.13 bits per heavy atom. The smallest absolute Gasteiger partial charge is 0.411 e. The number of rotatable bonds is 7. The lowest BCUT2D eigenvalue weighted by atomic mass is 9.92. The number of fused-ring (bicyclic) bond motifs is 1. The van der Waals surface area contributed by atoms with Gasteiger partial charge in [-0.05, 0) is 61.9 Å². The minimum atomic E-state index is -4.72. The average molecular weight is 649 g/mol. The van der Waals surface area contributed by atoms with Gasteiger partial charge < -0.3 is 24.3 Å². The van der Waals surface area contributed by atoms with E-state index in [4.69, 9.17) is 9.47 Å². The SMILES string of the molecule is COC(=O)[C@H](Cc1ccc(-c2nc(C)c(C)n(C)c2=O)c2c1CCC2)NC(=O)c1c(F)cc(N2CCOC[C@@H]2C(F)(F)F)cc1F. The minimum absolute atomic E-state index is 0.0816. The van der Waals surface area contributed by atoms with Crippen LogP contribution in [0.25, 0.3) is 11.3 Å². The van der Waals surface area contributed by atoms with Crippen LogP contribution in [0.5, 0.6) is 0 Å². The Kier molecular flexibility index (Phi) is 9.21. The number of ether oxygens (including phenoxy) is 2. The van der Waals surface area contributed by atoms with E-state index >= 15 is 8.78 Å². The zero-order valence-electron chi connectivity index (χ0n) is 25.7. The molecule has 246 valence electrons. The molecule has 46 heavy (non-hydrogen) atoms. The van der Waals surface area contributed by atoms with Gasteiger partial charge in [-0.1, -0.05) is 12.1 Å². The number of hydrogen-bond acceptors (Lipinski definition) is 7. The largest absolute Gasteiger partial charge is 0.467 e. The average Bonchev–Trinajstić information content (AvgIpc) is 3.51. The third-order valence-corrected chi connectivity index (χ3v) is 8.76. The Morgan fingerprint density at radius 3 is 2.46 bits per heavy atom. The highest BCUT2D eigenvalue weighted by molar-refractivity contribution is 5.97. The molecule has 1 aliphatic carbocycles. The highest BCUT2D eigenvalue weighted by Gasteiger charge is 2.46. The van der Waals surface area contributed by atoms with Crippen LogP contribution in [-0.4, -0.2) is 66.6 Å². The molecular weight excluding hydrogens is 615 g/mol. The minimum Gasteiger partial charge on any atom is -0.467 e. The van der Waals surface area contributed by atoms with Crippen LogP contribution >= 0.6 is 0 Å². The molecule has 2 aromatic carbocycles. The van der Waals surface area contributed by atoms with Crippen LogP contribution in [0.3, 0.4) is 0 Å². The maximum absolute atomic E-state index is 15.2. The summed E-state index contributed by atoms with van der Waals surface area (Å²) in [4.78, 5) is 44.4. The standard InChI is InChI=1S/C32H33F5N4O5/c1-16-17(2)40(3)30(43)28(38-16)22-9-8-18(20-6-5-7-21(20)22)12-25(31(44)45-4)39-29(42)27-23(33)13-19(14-24(27)34)41-10-11-46-15-26(41)32(35,36)37/h8-9,13-14,25-26H,5-7,10-12,15H2,1-4H3,(H,39,42)/t25-,26+/m0/s1. The zero-order valence-corrected chi connectivity index (χ0v) is 25.7. The number of nitrogens with zero attached hydrogens (tertiary/aromatic N) is 3. The topological polar surface area (TPSA) is 103 Å². The second-order valence-corrected chi connectivity index (χ2v) is 11.4. The van der Waals surface area contributed by atoms with Crippen LogP contribution in [0.2, 0.25) is 0 Å². The molecule has 2 aliphatic rings. The quantitative estimate of drug-likeness (QED) is 0.304. The number of morpholine rings is 1. The van der Waals surface area contributed by atoms with Crippen LogP contribution in [0.1, 0.15) is 44.9 Å². The summed E-state index contributed by atoms with van der Waals surface area (Å²) >= 11 is 0. The summed E-state index contributed by atoms with van der Waals surface area (Å²) in [5.74, 6) is -4.93. The molecule has 1 aromatic heterocycles. The first-order chi connectivity index (χ1) is 21.7. The summed E-state index contributed by atoms with van der Waals surface area (Å²) in [5.41, 5.74) is 3.19. The number of hydrogen-bond donors (Lipinski definition) is 1. The number of benzene rings is 2. The Morgan fingerprint density at radius 2 is 1.80 bits per heavy atom. The van der Waals surface area contributed by atoms with Crippen LogP contribution in [-0.2, 0) is 40.6 Å². The predicted octanol–water partition coefficient (Wildman–Crippen LogP) is 4.11. The first-order valence-electron chi connectivity index (χ1n) is 14.7. The lowest BCUT2D eigenvalue weighted by molar-refractivity contribution is -0.167. The van der Waals surface area contributed by atoms with Crippen molar-refractivity contribution in [2.24, 2.45) is 7.05 Å². The highest BCUT2D eigenvalue weighted by atomic mass is 19.4. The summed E-state index contributed by atoms with van der Waals surface area (Å²) in [6, 6.07) is 1.32. The fraction of sp³-hybridized carbons (Fsp3) is 0.438. The molecule has 3 aromatic rings. The highest BCUT2D eigenvalue weighted by Crippen LogP contribution is 2.35. The molecule has 0 bridgehead atoms. The fourth-order valence-corrected chi connectivity index (χ4v) is 6.13. The van der Waals surface area contributed by atoms with Crippen molar-refractivity contribution in [3.63, 3.8) is 0 Å². The summed E-state index contributed by atoms with van der Waals surface area (Å²) in [6.07, 6.45) is -2.73. The summed E-state index contributed by atoms with van der Waals surface area (Å²) < 4.78 is 82.4. The summed E-state index contributed by atoms with van der Waals surface area (Å²) in [6.45, 7) is 2.56. The van der Waals surface area contributed by atoms with Gasteiger partial charge in [0.2, 0.25) is 0 Å². The van der Waals surface area contributed by atoms with E-state index in [1.165, 1.54) is 4.57 Å². The third kappa shape index (κ3) is 6.22. The van der Waals surface area contributed by atoms with Gasteiger partial charge in [-0.2, -0.15) is 13.2 Å². The normalized spacial score (nSPS) is 17.1. The number of alkyl halides is 3. The second kappa shape index (κ2) is 12.8. The number of nitrogens with one attached hydrogen (secondary N) is 1. The molecule has 5 rings (SSSR count). The van der Waals surface area contributed by atoms with Gasteiger partial charge in [-0.3, -0.25) is 9.59 Å². The van der Waals surface area contributed by atoms with Gasteiger partial charge in [0.1, 0.15) is 35.0 Å². The maximum atomic E-state index is 15.2. The number of esters is 1. The van der Waals surface area contributed by atoms with Gasteiger partial charge in [-0.15, -0.1) is 0 Å². The van der Waals surface area contributed by atoms with Crippen LogP contribution < -0.4 is 15.8 Å². The van der Waals surface area contributed by atoms with Crippen molar-refractivity contribution >= 4 is 17.6 Å². The molecule has 0 saturated carbocycles. The molecule has 1 aliphatic heterocycles. The fourth-order valence-electron chi connectivity index (χ4n) is 6.13. The first kappa shape index (κ1) is 33.0. The van der Waals surface area contributed by atoms with E-state index in [9.17, 15) is 27.6 Å². The maximum Gasteiger partial charge on any atom is 0.411 e. The molecule has 1 saturated heterocycles. The third-order valence-electron chi connectivity index (χ3n) is 8.76. The molecule has 0 spiro atoms. The van der Waals surface area contributed by atoms with Crippen molar-refractivity contribution in [2.75, 3.05) is 31.8 Å². The molecule has 14 heteroatoms. The van der Waals surface area contributed by atoms with Crippen LogP contribution in [0.15, 0.2) is 29.1 Å². The van der Waals surface area contributed by atoms with Gasteiger partial charge in [-0.25, -0.2) is 18.6 Å². The molecular formula is C32H33F5N4O5. The van der Waals surface area contributed by atoms with Gasteiger partial charge in [0.25, 0.3) is 11.5 Å². The molecule has 1 N–H and O–H groups in total. The van der Waals surface area contributed by atoms with Crippen molar-refractivity contribution in [1.82, 2.24) is 14.9 Å². The van der Waals surface area contributed by atoms with E-state index in [1.54, 1.807) is 19.2 Å². The van der Waals surface area contributed by atoms with E-state index in [-0.39, 0.29) is 25.1 Å². The molecule has 1 fully saturated rings. The Bertz CT molecular complexity index is 1730. The molecule has 1 amide bonds. The molecule has 0 radical (unpaired) electrons. The van der Waals surface area contributed by atoms with Gasteiger partial charge >= 0.3 is 12.1 Å². The van der Waals surface area contributed by atoms with Gasteiger partial charge in [0, 0.05) is 37.0 Å². The van der Waals surface area contributed by atoms with Gasteiger partial charge in [0.15, 0.2) is 0 Å². The molecule has 2 heterocycles. The van der Waals surface area contributed by atoms with E-state index in [0.717, 1.165) is 35.3 Å². The zero-order chi connectivity index (χ0) is 33.5. The number of aryl methyl sites for hydroxylation is 1. The first-order valence-corrected chi connectivity index (χ1v) is 14.7. The number of carbonyl (C=O) groups excluding carboxylic acids is 2. The number of carbonyl (C=O) groups is 2. The summed E-state index contributed by atoms with van der Waals surface area (Å²) in [7, 11) is 2.78. The Hall–Kier alpha value is -4.33. The van der Waals surface area contributed by atoms with Crippen LogP contribution in [0.4, 0.5) is 27.6 Å². The van der Waals surface area contributed by atoms with Crippen LogP contribution in [0, 0.1) is 25.5 Å². The lowest BCUT2D eigenvalue weighted by Gasteiger charge is -2.38.